The van der Waals surface area contributed by atoms with E-state index in [1.165, 1.54) is 12.3 Å². The lowest BCUT2D eigenvalue weighted by molar-refractivity contribution is 0.0954. The maximum atomic E-state index is 12.1. The van der Waals surface area contributed by atoms with Gasteiger partial charge in [0.05, 0.1) is 23.1 Å². The highest BCUT2D eigenvalue weighted by molar-refractivity contribution is 6.32. The molecule has 0 unspecified atom stereocenters. The van der Waals surface area contributed by atoms with Crippen LogP contribution in [0.15, 0.2) is 41.0 Å². The maximum Gasteiger partial charge on any atom is 0.260 e. The van der Waals surface area contributed by atoms with Crippen LogP contribution < -0.4 is 10.6 Å². The summed E-state index contributed by atoms with van der Waals surface area (Å²) < 4.78 is 4.88. The topological polar surface area (TPSA) is 71.3 Å². The van der Waals surface area contributed by atoms with Crippen molar-refractivity contribution in [3.05, 3.63) is 52.9 Å². The summed E-state index contributed by atoms with van der Waals surface area (Å²) in [6.07, 6.45) is 2.17. The monoisotopic (exact) mass is 306 g/mol. The Morgan fingerprint density at radius 1 is 1.14 bits per heavy atom. The SMILES string of the molecule is CCCNC(=O)c1ccccc1NC(=O)c1ccoc1Cl. The molecule has 5 nitrogen and oxygen atoms in total. The number of carbonyl (C=O) groups excluding carboxylic acids is 2. The van der Waals surface area contributed by atoms with Crippen LogP contribution in [0.5, 0.6) is 0 Å². The molecule has 21 heavy (non-hydrogen) atoms. The van der Waals surface area contributed by atoms with Crippen LogP contribution >= 0.6 is 11.6 Å². The molecule has 0 fully saturated rings. The van der Waals surface area contributed by atoms with Crippen LogP contribution in [0, 0.1) is 0 Å². The lowest BCUT2D eigenvalue weighted by Gasteiger charge is -2.10. The fourth-order valence-corrected chi connectivity index (χ4v) is 1.97. The average molecular weight is 307 g/mol. The normalized spacial score (nSPS) is 10.2. The van der Waals surface area contributed by atoms with Crippen molar-refractivity contribution in [1.82, 2.24) is 5.32 Å². The lowest BCUT2D eigenvalue weighted by atomic mass is 10.1. The standard InChI is InChI=1S/C15H15ClN2O3/c1-2-8-17-14(19)10-5-3-4-6-12(10)18-15(20)11-7-9-21-13(11)16/h3-7,9H,2,8H2,1H3,(H,17,19)(H,18,20). The number of hydrogen-bond acceptors (Lipinski definition) is 3. The van der Waals surface area contributed by atoms with Crippen molar-refractivity contribution in [2.75, 3.05) is 11.9 Å². The second kappa shape index (κ2) is 6.95. The largest absolute Gasteiger partial charge is 0.452 e. The molecule has 6 heteroatoms. The van der Waals surface area contributed by atoms with Gasteiger partial charge in [0.25, 0.3) is 11.8 Å². The quantitative estimate of drug-likeness (QED) is 0.890. The molecule has 0 aliphatic heterocycles. The summed E-state index contributed by atoms with van der Waals surface area (Å²) in [5.41, 5.74) is 1.05. The van der Waals surface area contributed by atoms with Crippen LogP contribution in [-0.4, -0.2) is 18.4 Å². The first kappa shape index (κ1) is 15.1. The van der Waals surface area contributed by atoms with E-state index in [1.54, 1.807) is 24.3 Å². The third-order valence-electron chi connectivity index (χ3n) is 2.82. The predicted molar refractivity (Wildman–Crippen MR) is 80.7 cm³/mol. The third-order valence-corrected chi connectivity index (χ3v) is 3.11. The third kappa shape index (κ3) is 3.64. The van der Waals surface area contributed by atoms with E-state index in [0.29, 0.717) is 17.8 Å². The molecule has 0 aliphatic carbocycles. The zero-order valence-electron chi connectivity index (χ0n) is 11.5. The first-order valence-electron chi connectivity index (χ1n) is 6.55. The summed E-state index contributed by atoms with van der Waals surface area (Å²) >= 11 is 5.76. The molecule has 0 atom stereocenters. The van der Waals surface area contributed by atoms with E-state index in [0.717, 1.165) is 6.42 Å². The summed E-state index contributed by atoms with van der Waals surface area (Å²) in [6, 6.07) is 8.26. The van der Waals surface area contributed by atoms with Gasteiger partial charge >= 0.3 is 0 Å². The average Bonchev–Trinajstić information content (AvgIpc) is 2.91. The maximum absolute atomic E-state index is 12.1. The van der Waals surface area contributed by atoms with E-state index in [9.17, 15) is 9.59 Å². The Morgan fingerprint density at radius 2 is 1.90 bits per heavy atom. The minimum absolute atomic E-state index is 0.0143. The second-order valence-electron chi connectivity index (χ2n) is 4.36. The van der Waals surface area contributed by atoms with Gasteiger partial charge in [-0.3, -0.25) is 9.59 Å². The van der Waals surface area contributed by atoms with Crippen molar-refractivity contribution < 1.29 is 14.0 Å². The number of rotatable bonds is 5. The van der Waals surface area contributed by atoms with Gasteiger partial charge in [0.15, 0.2) is 0 Å². The number of para-hydroxylation sites is 1. The molecule has 0 bridgehead atoms. The molecule has 1 aromatic carbocycles. The van der Waals surface area contributed by atoms with Gasteiger partial charge in [0.2, 0.25) is 5.22 Å². The van der Waals surface area contributed by atoms with E-state index in [-0.39, 0.29) is 16.7 Å². The van der Waals surface area contributed by atoms with Gasteiger partial charge in [-0.25, -0.2) is 0 Å². The second-order valence-corrected chi connectivity index (χ2v) is 4.71. The Hall–Kier alpha value is -2.27. The van der Waals surface area contributed by atoms with Gasteiger partial charge in [0.1, 0.15) is 0 Å². The Balaban J connectivity index is 2.19. The molecular formula is C15H15ClN2O3. The van der Waals surface area contributed by atoms with Crippen molar-refractivity contribution >= 4 is 29.1 Å². The highest BCUT2D eigenvalue weighted by Crippen LogP contribution is 2.20. The van der Waals surface area contributed by atoms with Crippen molar-refractivity contribution in [1.29, 1.82) is 0 Å². The van der Waals surface area contributed by atoms with Crippen LogP contribution in [0.2, 0.25) is 5.22 Å². The fourth-order valence-electron chi connectivity index (χ4n) is 1.77. The number of amides is 2. The first-order valence-corrected chi connectivity index (χ1v) is 6.93. The van der Waals surface area contributed by atoms with E-state index >= 15 is 0 Å². The van der Waals surface area contributed by atoms with Gasteiger partial charge < -0.3 is 15.1 Å². The van der Waals surface area contributed by atoms with Crippen LogP contribution in [-0.2, 0) is 0 Å². The molecule has 2 amide bonds. The molecule has 0 radical (unpaired) electrons. The summed E-state index contributed by atoms with van der Waals surface area (Å²) in [5.74, 6) is -0.657. The molecule has 2 rings (SSSR count). The lowest BCUT2D eigenvalue weighted by Crippen LogP contribution is -2.25. The van der Waals surface area contributed by atoms with Crippen LogP contribution in [0.3, 0.4) is 0 Å². The number of halogens is 1. The minimum Gasteiger partial charge on any atom is -0.452 e. The molecule has 0 aliphatic rings. The number of furan rings is 1. The van der Waals surface area contributed by atoms with Gasteiger partial charge in [-0.05, 0) is 36.2 Å². The summed E-state index contributed by atoms with van der Waals surface area (Å²) in [7, 11) is 0. The van der Waals surface area contributed by atoms with E-state index in [4.69, 9.17) is 16.0 Å². The summed E-state index contributed by atoms with van der Waals surface area (Å²) in [6.45, 7) is 2.55. The van der Waals surface area contributed by atoms with Crippen molar-refractivity contribution in [2.24, 2.45) is 0 Å². The molecule has 2 N–H and O–H groups in total. The minimum atomic E-state index is -0.426. The number of carbonyl (C=O) groups is 2. The van der Waals surface area contributed by atoms with Gasteiger partial charge in [-0.2, -0.15) is 0 Å². The molecule has 0 spiro atoms. The summed E-state index contributed by atoms with van der Waals surface area (Å²) in [4.78, 5) is 24.1. The Morgan fingerprint density at radius 3 is 2.57 bits per heavy atom. The highest BCUT2D eigenvalue weighted by atomic mass is 35.5. The number of nitrogens with one attached hydrogen (secondary N) is 2. The number of benzene rings is 1. The molecule has 0 saturated heterocycles. The smallest absolute Gasteiger partial charge is 0.260 e. The van der Waals surface area contributed by atoms with Crippen LogP contribution in [0.1, 0.15) is 34.1 Å². The first-order chi connectivity index (χ1) is 10.1. The molecule has 1 aromatic heterocycles. The van der Waals surface area contributed by atoms with Crippen molar-refractivity contribution in [3.63, 3.8) is 0 Å². The molecule has 1 heterocycles. The number of anilines is 1. The van der Waals surface area contributed by atoms with Crippen LogP contribution in [0.25, 0.3) is 0 Å². The van der Waals surface area contributed by atoms with E-state index < -0.39 is 5.91 Å². The van der Waals surface area contributed by atoms with Crippen molar-refractivity contribution in [2.45, 2.75) is 13.3 Å². The highest BCUT2D eigenvalue weighted by Gasteiger charge is 2.16. The van der Waals surface area contributed by atoms with Gasteiger partial charge in [-0.1, -0.05) is 19.1 Å². The Kier molecular flexibility index (Phi) is 5.00. The molecule has 2 aromatic rings. The predicted octanol–water partition coefficient (Wildman–Crippen LogP) is 3.33. The zero-order chi connectivity index (χ0) is 15.2. The molecule has 110 valence electrons. The van der Waals surface area contributed by atoms with Gasteiger partial charge in [0, 0.05) is 6.54 Å². The van der Waals surface area contributed by atoms with E-state index in [1.807, 2.05) is 6.92 Å². The van der Waals surface area contributed by atoms with Gasteiger partial charge in [-0.15, -0.1) is 0 Å². The number of hydrogen-bond donors (Lipinski definition) is 2. The Bertz CT molecular complexity index is 652. The van der Waals surface area contributed by atoms with Crippen LogP contribution in [0.4, 0.5) is 5.69 Å². The fraction of sp³-hybridized carbons (Fsp3) is 0.200. The molecular weight excluding hydrogens is 292 g/mol. The van der Waals surface area contributed by atoms with E-state index in [2.05, 4.69) is 10.6 Å². The van der Waals surface area contributed by atoms with Crippen molar-refractivity contribution in [3.8, 4) is 0 Å². The summed E-state index contributed by atoms with van der Waals surface area (Å²) in [5, 5.41) is 5.45. The zero-order valence-corrected chi connectivity index (χ0v) is 12.2. The molecule has 0 saturated carbocycles. The Labute approximate surface area is 127 Å².